The Hall–Kier alpha value is -2.12. The number of para-hydroxylation sites is 1. The van der Waals surface area contributed by atoms with Gasteiger partial charge < -0.3 is 19.5 Å². The molecule has 2 heterocycles. The summed E-state index contributed by atoms with van der Waals surface area (Å²) in [5, 5.41) is 8.80. The summed E-state index contributed by atoms with van der Waals surface area (Å²) in [6.07, 6.45) is 0. The van der Waals surface area contributed by atoms with Crippen molar-refractivity contribution in [3.8, 4) is 5.75 Å². The fraction of sp³-hybridized carbons (Fsp3) is 0.529. The van der Waals surface area contributed by atoms with Crippen molar-refractivity contribution >= 4 is 11.9 Å². The fourth-order valence-corrected chi connectivity index (χ4v) is 3.27. The molecule has 1 N–H and O–H groups in total. The van der Waals surface area contributed by atoms with E-state index < -0.39 is 5.97 Å². The minimum Gasteiger partial charge on any atom is -0.482 e. The Morgan fingerprint density at radius 3 is 2.92 bits per heavy atom. The molecule has 2 atom stereocenters. The van der Waals surface area contributed by atoms with Gasteiger partial charge in [0.2, 0.25) is 5.91 Å². The molecule has 1 aromatic carbocycles. The quantitative estimate of drug-likeness (QED) is 0.842. The number of aliphatic carboxylic acids is 1. The number of carboxylic acid groups (broad SMARTS) is 1. The van der Waals surface area contributed by atoms with E-state index in [1.807, 2.05) is 25.2 Å². The van der Waals surface area contributed by atoms with Gasteiger partial charge in [0.25, 0.3) is 0 Å². The Kier molecular flexibility index (Phi) is 5.01. The molecule has 2 fully saturated rings. The standard InChI is InChI=1S/C17H22N2O5/c1-18-14-8-19(7-13(17(18)22)9-23-10-14)6-12-4-2-3-5-15(12)24-11-16(20)21/h2-5,13-14H,6-11H2,1H3,(H,20,21)/t13-,14+/m1/s1. The third-order valence-electron chi connectivity index (χ3n) is 4.54. The monoisotopic (exact) mass is 334 g/mol. The first-order valence-electron chi connectivity index (χ1n) is 8.04. The van der Waals surface area contributed by atoms with Crippen LogP contribution in [0.3, 0.4) is 0 Å². The number of carbonyl (C=O) groups is 2. The number of nitrogens with zero attached hydrogens (tertiary/aromatic N) is 2. The van der Waals surface area contributed by atoms with Gasteiger partial charge in [-0.15, -0.1) is 0 Å². The molecule has 2 saturated heterocycles. The van der Waals surface area contributed by atoms with Crippen LogP contribution in [-0.2, 0) is 20.9 Å². The molecule has 0 saturated carbocycles. The van der Waals surface area contributed by atoms with Crippen molar-refractivity contribution in [1.82, 2.24) is 9.80 Å². The van der Waals surface area contributed by atoms with Crippen LogP contribution in [0, 0.1) is 5.92 Å². The molecule has 1 amide bonds. The number of carbonyl (C=O) groups excluding carboxylic acids is 1. The van der Waals surface area contributed by atoms with Crippen LogP contribution in [0.1, 0.15) is 5.56 Å². The number of likely N-dealkylation sites (N-methyl/N-ethyl adjacent to an activating group) is 1. The van der Waals surface area contributed by atoms with Crippen LogP contribution >= 0.6 is 0 Å². The van der Waals surface area contributed by atoms with Gasteiger partial charge in [0.15, 0.2) is 6.61 Å². The first-order chi connectivity index (χ1) is 11.5. The summed E-state index contributed by atoms with van der Waals surface area (Å²) in [5.74, 6) is -0.450. The lowest BCUT2D eigenvalue weighted by Crippen LogP contribution is -2.42. The summed E-state index contributed by atoms with van der Waals surface area (Å²) >= 11 is 0. The van der Waals surface area contributed by atoms with Gasteiger partial charge >= 0.3 is 5.97 Å². The lowest BCUT2D eigenvalue weighted by Gasteiger charge is -2.29. The second-order valence-corrected chi connectivity index (χ2v) is 6.32. The summed E-state index contributed by atoms with van der Waals surface area (Å²) in [6, 6.07) is 7.47. The highest BCUT2D eigenvalue weighted by Crippen LogP contribution is 2.24. The SMILES string of the molecule is CN1C(=O)[C@H]2COC[C@@H]1CN(Cc1ccccc1OCC(=O)O)C2. The van der Waals surface area contributed by atoms with Crippen molar-refractivity contribution < 1.29 is 24.2 Å². The molecular formula is C17H22N2O5. The fourth-order valence-electron chi connectivity index (χ4n) is 3.27. The highest BCUT2D eigenvalue weighted by molar-refractivity contribution is 5.80. The minimum absolute atomic E-state index is 0.0390. The number of rotatable bonds is 5. The Morgan fingerprint density at radius 1 is 1.33 bits per heavy atom. The first kappa shape index (κ1) is 16.7. The van der Waals surface area contributed by atoms with E-state index in [2.05, 4.69) is 4.90 Å². The molecule has 0 spiro atoms. The number of hydrogen-bond donors (Lipinski definition) is 1. The van der Waals surface area contributed by atoms with E-state index in [-0.39, 0.29) is 24.5 Å². The number of hydrogen-bond acceptors (Lipinski definition) is 5. The zero-order valence-corrected chi connectivity index (χ0v) is 13.7. The molecule has 7 heteroatoms. The van der Waals surface area contributed by atoms with Crippen LogP contribution in [-0.4, -0.2) is 72.8 Å². The van der Waals surface area contributed by atoms with Gasteiger partial charge in [0.05, 0.1) is 25.2 Å². The molecule has 0 unspecified atom stereocenters. The first-order valence-corrected chi connectivity index (χ1v) is 8.04. The number of benzene rings is 1. The zero-order chi connectivity index (χ0) is 17.1. The van der Waals surface area contributed by atoms with Crippen LogP contribution in [0.2, 0.25) is 0 Å². The van der Waals surface area contributed by atoms with Crippen molar-refractivity contribution in [2.24, 2.45) is 5.92 Å². The van der Waals surface area contributed by atoms with Crippen LogP contribution < -0.4 is 4.74 Å². The van der Waals surface area contributed by atoms with Crippen molar-refractivity contribution in [1.29, 1.82) is 0 Å². The van der Waals surface area contributed by atoms with Crippen molar-refractivity contribution in [3.63, 3.8) is 0 Å². The van der Waals surface area contributed by atoms with Gasteiger partial charge in [-0.1, -0.05) is 18.2 Å². The van der Waals surface area contributed by atoms with E-state index in [9.17, 15) is 9.59 Å². The smallest absolute Gasteiger partial charge is 0.341 e. The number of fused-ring (bicyclic) bond motifs is 3. The maximum atomic E-state index is 12.4. The molecule has 2 aliphatic rings. The maximum Gasteiger partial charge on any atom is 0.341 e. The van der Waals surface area contributed by atoms with Crippen LogP contribution in [0.4, 0.5) is 0 Å². The second kappa shape index (κ2) is 7.19. The van der Waals surface area contributed by atoms with Crippen LogP contribution in [0.15, 0.2) is 24.3 Å². The molecule has 24 heavy (non-hydrogen) atoms. The molecule has 0 aliphatic carbocycles. The van der Waals surface area contributed by atoms with Gasteiger partial charge in [0.1, 0.15) is 5.75 Å². The topological polar surface area (TPSA) is 79.3 Å². The number of carboxylic acids is 1. The predicted octanol–water partition coefficient (Wildman–Crippen LogP) is 0.439. The number of amides is 1. The van der Waals surface area contributed by atoms with Gasteiger partial charge in [-0.2, -0.15) is 0 Å². The second-order valence-electron chi connectivity index (χ2n) is 6.32. The highest BCUT2D eigenvalue weighted by Gasteiger charge is 2.37. The van der Waals surface area contributed by atoms with Crippen molar-refractivity contribution in [3.05, 3.63) is 29.8 Å². The highest BCUT2D eigenvalue weighted by atomic mass is 16.5. The van der Waals surface area contributed by atoms with E-state index in [1.165, 1.54) is 0 Å². The average Bonchev–Trinajstić information content (AvgIpc) is 2.73. The van der Waals surface area contributed by atoms with Crippen LogP contribution in [0.25, 0.3) is 0 Å². The Labute approximate surface area is 140 Å². The molecule has 1 aromatic rings. The van der Waals surface area contributed by atoms with Gasteiger partial charge in [-0.25, -0.2) is 4.79 Å². The van der Waals surface area contributed by atoms with Crippen molar-refractivity contribution in [2.75, 3.05) is 40.0 Å². The van der Waals surface area contributed by atoms with Gasteiger partial charge in [0, 0.05) is 32.2 Å². The third-order valence-corrected chi connectivity index (χ3v) is 4.54. The largest absolute Gasteiger partial charge is 0.482 e. The molecule has 7 nitrogen and oxygen atoms in total. The van der Waals surface area contributed by atoms with E-state index in [0.29, 0.717) is 32.1 Å². The maximum absolute atomic E-state index is 12.4. The van der Waals surface area contributed by atoms with E-state index in [1.54, 1.807) is 11.0 Å². The zero-order valence-electron chi connectivity index (χ0n) is 13.7. The summed E-state index contributed by atoms with van der Waals surface area (Å²) in [4.78, 5) is 27.2. The summed E-state index contributed by atoms with van der Waals surface area (Å²) in [7, 11) is 1.84. The number of ether oxygens (including phenoxy) is 2. The van der Waals surface area contributed by atoms with E-state index in [4.69, 9.17) is 14.6 Å². The lowest BCUT2D eigenvalue weighted by molar-refractivity contribution is -0.139. The average molecular weight is 334 g/mol. The van der Waals surface area contributed by atoms with Crippen LogP contribution in [0.5, 0.6) is 5.75 Å². The molecule has 0 aromatic heterocycles. The Bertz CT molecular complexity index is 621. The van der Waals surface area contributed by atoms with E-state index in [0.717, 1.165) is 12.1 Å². The van der Waals surface area contributed by atoms with Gasteiger partial charge in [-0.3, -0.25) is 9.69 Å². The predicted molar refractivity (Wildman–Crippen MR) is 85.7 cm³/mol. The molecule has 130 valence electrons. The summed E-state index contributed by atoms with van der Waals surface area (Å²) in [6.45, 7) is 2.61. The molecule has 0 radical (unpaired) electrons. The summed E-state index contributed by atoms with van der Waals surface area (Å²) < 4.78 is 11.0. The normalized spacial score (nSPS) is 24.5. The Balaban J connectivity index is 1.74. The molecule has 2 aliphatic heterocycles. The van der Waals surface area contributed by atoms with Crippen molar-refractivity contribution in [2.45, 2.75) is 12.6 Å². The van der Waals surface area contributed by atoms with E-state index >= 15 is 0 Å². The summed E-state index contributed by atoms with van der Waals surface area (Å²) in [5.41, 5.74) is 0.926. The molecular weight excluding hydrogens is 312 g/mol. The molecule has 2 bridgehead atoms. The minimum atomic E-state index is -1.00. The molecule has 3 rings (SSSR count). The van der Waals surface area contributed by atoms with Gasteiger partial charge in [-0.05, 0) is 6.07 Å². The lowest BCUT2D eigenvalue weighted by atomic mass is 10.1. The third kappa shape index (κ3) is 3.68. The Morgan fingerprint density at radius 2 is 2.12 bits per heavy atom.